The van der Waals surface area contributed by atoms with E-state index in [1.165, 1.54) is 0 Å². The summed E-state index contributed by atoms with van der Waals surface area (Å²) in [6.45, 7) is 2.00. The van der Waals surface area contributed by atoms with Crippen LogP contribution in [0.25, 0.3) is 61.2 Å². The molecular weight excluding hydrogens is 510 g/mol. The molecule has 202 valence electrons. The van der Waals surface area contributed by atoms with Crippen molar-refractivity contribution in [1.29, 1.82) is 0 Å². The molecular formula is C39H31N3. The summed E-state index contributed by atoms with van der Waals surface area (Å²) in [6, 6.07) is 40.8. The number of pyridine rings is 2. The van der Waals surface area contributed by atoms with Crippen LogP contribution in [0.1, 0.15) is 12.5 Å². The molecule has 3 heteroatoms. The second-order valence-electron chi connectivity index (χ2n) is 10.1. The summed E-state index contributed by atoms with van der Waals surface area (Å²) >= 11 is 0. The lowest BCUT2D eigenvalue weighted by atomic mass is 9.90. The van der Waals surface area contributed by atoms with Crippen LogP contribution in [-0.4, -0.2) is 9.97 Å². The number of nitrogens with two attached hydrogens (primary N) is 1. The minimum Gasteiger partial charge on any atom is -0.404 e. The molecule has 0 spiro atoms. The van der Waals surface area contributed by atoms with Gasteiger partial charge in [0.15, 0.2) is 0 Å². The lowest BCUT2D eigenvalue weighted by Gasteiger charge is -2.14. The third-order valence-electron chi connectivity index (χ3n) is 7.37. The zero-order chi connectivity index (χ0) is 28.7. The maximum Gasteiger partial charge on any atom is 0.0346 e. The monoisotopic (exact) mass is 541 g/mol. The molecule has 2 heterocycles. The number of hydrogen-bond acceptors (Lipinski definition) is 3. The van der Waals surface area contributed by atoms with Crippen molar-refractivity contribution in [3.63, 3.8) is 0 Å². The average molecular weight is 542 g/mol. The van der Waals surface area contributed by atoms with Gasteiger partial charge in [-0.05, 0) is 111 Å². The Morgan fingerprint density at radius 2 is 0.905 bits per heavy atom. The van der Waals surface area contributed by atoms with Crippen molar-refractivity contribution in [3.8, 4) is 55.6 Å². The lowest BCUT2D eigenvalue weighted by molar-refractivity contribution is 1.33. The first kappa shape index (κ1) is 26.7. The molecule has 0 aliphatic rings. The predicted molar refractivity (Wildman–Crippen MR) is 176 cm³/mol. The van der Waals surface area contributed by atoms with Crippen LogP contribution in [0.15, 0.2) is 158 Å². The summed E-state index contributed by atoms with van der Waals surface area (Å²) in [5.74, 6) is 0. The fourth-order valence-electron chi connectivity index (χ4n) is 5.26. The Morgan fingerprint density at radius 3 is 1.33 bits per heavy atom. The molecule has 0 fully saturated rings. The maximum atomic E-state index is 5.98. The number of benzene rings is 4. The molecule has 2 N–H and O–H groups in total. The Balaban J connectivity index is 1.51. The molecule has 0 atom stereocenters. The van der Waals surface area contributed by atoms with Crippen LogP contribution < -0.4 is 5.73 Å². The SMILES string of the molecule is C/C=C\C(=C/N)c1cccc(-c2cc(-c3cccc(-c4cccnc4)c3)cc(-c3cccc(-c4cccnc4)c3)c2)c1. The molecule has 0 radical (unpaired) electrons. The third kappa shape index (κ3) is 5.81. The van der Waals surface area contributed by atoms with E-state index in [1.54, 1.807) is 18.6 Å². The normalized spacial score (nSPS) is 11.6. The number of rotatable bonds is 7. The summed E-state index contributed by atoms with van der Waals surface area (Å²) in [5, 5.41) is 0. The van der Waals surface area contributed by atoms with E-state index in [9.17, 15) is 0 Å². The number of aromatic nitrogens is 2. The van der Waals surface area contributed by atoms with Crippen molar-refractivity contribution < 1.29 is 0 Å². The van der Waals surface area contributed by atoms with Gasteiger partial charge in [-0.2, -0.15) is 0 Å². The molecule has 3 nitrogen and oxygen atoms in total. The zero-order valence-electron chi connectivity index (χ0n) is 23.5. The van der Waals surface area contributed by atoms with E-state index in [-0.39, 0.29) is 0 Å². The van der Waals surface area contributed by atoms with Crippen LogP contribution >= 0.6 is 0 Å². The quantitative estimate of drug-likeness (QED) is 0.205. The van der Waals surface area contributed by atoms with Crippen LogP contribution in [0.3, 0.4) is 0 Å². The summed E-state index contributed by atoms with van der Waals surface area (Å²) in [6.07, 6.45) is 13.1. The lowest BCUT2D eigenvalue weighted by Crippen LogP contribution is -1.90. The topological polar surface area (TPSA) is 51.8 Å². The first-order valence-corrected chi connectivity index (χ1v) is 14.0. The van der Waals surface area contributed by atoms with E-state index in [4.69, 9.17) is 5.73 Å². The van der Waals surface area contributed by atoms with E-state index >= 15 is 0 Å². The highest BCUT2D eigenvalue weighted by atomic mass is 14.6. The second kappa shape index (κ2) is 12.3. The second-order valence-corrected chi connectivity index (χ2v) is 10.1. The van der Waals surface area contributed by atoms with E-state index in [2.05, 4.69) is 113 Å². The molecule has 0 saturated carbocycles. The molecule has 0 amide bonds. The summed E-state index contributed by atoms with van der Waals surface area (Å²) in [5.41, 5.74) is 19.4. The summed E-state index contributed by atoms with van der Waals surface area (Å²) in [7, 11) is 0. The van der Waals surface area contributed by atoms with Crippen LogP contribution in [-0.2, 0) is 0 Å². The fraction of sp³-hybridized carbons (Fsp3) is 0.0256. The molecule has 4 aromatic carbocycles. The fourth-order valence-corrected chi connectivity index (χ4v) is 5.26. The highest BCUT2D eigenvalue weighted by Gasteiger charge is 2.11. The largest absolute Gasteiger partial charge is 0.404 e. The Morgan fingerprint density at radius 1 is 0.500 bits per heavy atom. The van der Waals surface area contributed by atoms with E-state index in [1.807, 2.05) is 43.6 Å². The van der Waals surface area contributed by atoms with Crippen molar-refractivity contribution in [1.82, 2.24) is 9.97 Å². The standard InChI is InChI=1S/C39H31N3/c1-2-8-34(25-40)28-9-3-12-31(19-28)37-22-38(32-13-4-10-29(20-32)35-15-6-17-41-26-35)24-39(23-37)33-14-5-11-30(21-33)36-16-7-18-42-27-36/h2-27H,40H2,1H3/b8-2-,34-25+. The minimum absolute atomic E-state index is 0.990. The van der Waals surface area contributed by atoms with Crippen molar-refractivity contribution in [2.24, 2.45) is 5.73 Å². The van der Waals surface area contributed by atoms with Crippen molar-refractivity contribution in [2.75, 3.05) is 0 Å². The minimum atomic E-state index is 0.990. The Kier molecular flexibility index (Phi) is 7.82. The average Bonchev–Trinajstić information content (AvgIpc) is 3.08. The summed E-state index contributed by atoms with van der Waals surface area (Å²) < 4.78 is 0. The maximum absolute atomic E-state index is 5.98. The number of nitrogens with zero attached hydrogens (tertiary/aromatic N) is 2. The van der Waals surface area contributed by atoms with E-state index < -0.39 is 0 Å². The Bertz CT molecular complexity index is 1790. The number of allylic oxidation sites excluding steroid dienone is 3. The summed E-state index contributed by atoms with van der Waals surface area (Å²) in [4.78, 5) is 8.65. The molecule has 2 aromatic heterocycles. The molecule has 0 saturated heterocycles. The van der Waals surface area contributed by atoms with E-state index in [0.29, 0.717) is 0 Å². The highest BCUT2D eigenvalue weighted by molar-refractivity contribution is 5.85. The van der Waals surface area contributed by atoms with E-state index in [0.717, 1.165) is 66.8 Å². The van der Waals surface area contributed by atoms with Crippen molar-refractivity contribution >= 4 is 5.57 Å². The van der Waals surface area contributed by atoms with Crippen LogP contribution in [0, 0.1) is 0 Å². The van der Waals surface area contributed by atoms with Gasteiger partial charge in [0.2, 0.25) is 0 Å². The molecule has 42 heavy (non-hydrogen) atoms. The van der Waals surface area contributed by atoms with Crippen LogP contribution in [0.5, 0.6) is 0 Å². The van der Waals surface area contributed by atoms with Gasteiger partial charge < -0.3 is 5.73 Å². The van der Waals surface area contributed by atoms with Gasteiger partial charge in [-0.1, -0.05) is 78.9 Å². The molecule has 6 aromatic rings. The van der Waals surface area contributed by atoms with Gasteiger partial charge in [0.25, 0.3) is 0 Å². The van der Waals surface area contributed by atoms with Crippen LogP contribution in [0.2, 0.25) is 0 Å². The first-order valence-electron chi connectivity index (χ1n) is 14.0. The molecule has 0 aliphatic heterocycles. The van der Waals surface area contributed by atoms with Gasteiger partial charge in [-0.25, -0.2) is 0 Å². The highest BCUT2D eigenvalue weighted by Crippen LogP contribution is 2.36. The molecule has 0 unspecified atom stereocenters. The van der Waals surface area contributed by atoms with Crippen LogP contribution in [0.4, 0.5) is 0 Å². The van der Waals surface area contributed by atoms with Gasteiger partial charge in [0.1, 0.15) is 0 Å². The molecule has 0 aliphatic carbocycles. The smallest absolute Gasteiger partial charge is 0.0346 e. The molecule has 0 bridgehead atoms. The van der Waals surface area contributed by atoms with Gasteiger partial charge in [0.05, 0.1) is 0 Å². The van der Waals surface area contributed by atoms with Crippen molar-refractivity contribution in [3.05, 3.63) is 164 Å². The Hall–Kier alpha value is -5.54. The van der Waals surface area contributed by atoms with Gasteiger partial charge in [0, 0.05) is 42.1 Å². The number of hydrogen-bond donors (Lipinski definition) is 1. The van der Waals surface area contributed by atoms with Gasteiger partial charge in [-0.15, -0.1) is 0 Å². The van der Waals surface area contributed by atoms with Gasteiger partial charge in [-0.3, -0.25) is 9.97 Å². The predicted octanol–water partition coefficient (Wildman–Crippen LogP) is 9.69. The van der Waals surface area contributed by atoms with Gasteiger partial charge >= 0.3 is 0 Å². The molecule has 6 rings (SSSR count). The third-order valence-corrected chi connectivity index (χ3v) is 7.37. The first-order chi connectivity index (χ1) is 20.7. The van der Waals surface area contributed by atoms with Crippen molar-refractivity contribution in [2.45, 2.75) is 6.92 Å². The Labute approximate surface area is 247 Å². The zero-order valence-corrected chi connectivity index (χ0v) is 23.5.